The van der Waals surface area contributed by atoms with E-state index in [0.29, 0.717) is 33.9 Å². The highest BCUT2D eigenvalue weighted by Crippen LogP contribution is 2.26. The number of hydrogen-bond donors (Lipinski definition) is 0. The van der Waals surface area contributed by atoms with Gasteiger partial charge in [0.05, 0.1) is 28.8 Å². The van der Waals surface area contributed by atoms with Crippen LogP contribution in [0.5, 0.6) is 17.2 Å². The molecule has 0 fully saturated rings. The minimum atomic E-state index is -0.338. The molecule has 0 saturated heterocycles. The maximum Gasteiger partial charge on any atom is 0.284 e. The summed E-state index contributed by atoms with van der Waals surface area (Å²) < 4.78 is 7.00. The standard InChI is InChI=1S/C23H13N3O3/c24-14-16-3-1-5-19(11-16)28-20-8-9-22-18(13-20)7-10-23(27)26(22)29-21-6-2-4-17(12-21)15-25/h1-13H. The molecular formula is C23H13N3O3. The summed E-state index contributed by atoms with van der Waals surface area (Å²) >= 11 is 0. The first-order chi connectivity index (χ1) is 14.2. The lowest BCUT2D eigenvalue weighted by Gasteiger charge is -2.12. The molecule has 0 unspecified atom stereocenters. The second-order valence-corrected chi connectivity index (χ2v) is 6.16. The zero-order chi connectivity index (χ0) is 20.2. The van der Waals surface area contributed by atoms with E-state index in [1.807, 2.05) is 6.07 Å². The summed E-state index contributed by atoms with van der Waals surface area (Å²) in [7, 11) is 0. The van der Waals surface area contributed by atoms with Crippen LogP contribution in [-0.4, -0.2) is 4.73 Å². The lowest BCUT2D eigenvalue weighted by molar-refractivity contribution is 0.218. The number of fused-ring (bicyclic) bond motifs is 1. The van der Waals surface area contributed by atoms with E-state index in [1.165, 1.54) is 10.8 Å². The summed E-state index contributed by atoms with van der Waals surface area (Å²) in [6.07, 6.45) is 0. The van der Waals surface area contributed by atoms with Crippen molar-refractivity contribution in [3.63, 3.8) is 0 Å². The summed E-state index contributed by atoms with van der Waals surface area (Å²) in [5.41, 5.74) is 1.16. The highest BCUT2D eigenvalue weighted by molar-refractivity contribution is 5.80. The van der Waals surface area contributed by atoms with E-state index in [4.69, 9.17) is 20.1 Å². The molecule has 1 heterocycles. The average Bonchev–Trinajstić information content (AvgIpc) is 2.76. The molecule has 138 valence electrons. The molecule has 4 aromatic rings. The van der Waals surface area contributed by atoms with Crippen LogP contribution in [0.25, 0.3) is 10.9 Å². The first-order valence-electron chi connectivity index (χ1n) is 8.68. The maximum absolute atomic E-state index is 12.3. The van der Waals surface area contributed by atoms with E-state index in [1.54, 1.807) is 72.8 Å². The van der Waals surface area contributed by atoms with E-state index in [9.17, 15) is 4.79 Å². The first kappa shape index (κ1) is 17.8. The van der Waals surface area contributed by atoms with Gasteiger partial charge < -0.3 is 9.57 Å². The molecule has 1 aromatic heterocycles. The smallest absolute Gasteiger partial charge is 0.284 e. The van der Waals surface area contributed by atoms with Crippen LogP contribution in [0.4, 0.5) is 0 Å². The Labute approximate surface area is 166 Å². The number of benzene rings is 3. The topological polar surface area (TPSA) is 88.0 Å². The summed E-state index contributed by atoms with van der Waals surface area (Å²) in [6, 6.07) is 25.8. The van der Waals surface area contributed by atoms with Crippen molar-refractivity contribution in [3.8, 4) is 29.4 Å². The summed E-state index contributed by atoms with van der Waals surface area (Å²) in [6.45, 7) is 0. The third-order valence-corrected chi connectivity index (χ3v) is 4.18. The molecule has 0 spiro atoms. The monoisotopic (exact) mass is 379 g/mol. The van der Waals surface area contributed by atoms with Crippen molar-refractivity contribution in [1.82, 2.24) is 4.73 Å². The first-order valence-corrected chi connectivity index (χ1v) is 8.68. The van der Waals surface area contributed by atoms with Gasteiger partial charge in [0.15, 0.2) is 5.75 Å². The number of nitriles is 2. The van der Waals surface area contributed by atoms with Crippen LogP contribution in [0.3, 0.4) is 0 Å². The molecular weight excluding hydrogens is 366 g/mol. The second kappa shape index (κ2) is 7.59. The van der Waals surface area contributed by atoms with Gasteiger partial charge in [-0.15, -0.1) is 4.73 Å². The van der Waals surface area contributed by atoms with Gasteiger partial charge in [0, 0.05) is 17.5 Å². The molecule has 0 atom stereocenters. The molecule has 4 rings (SSSR count). The Morgan fingerprint density at radius 1 is 0.724 bits per heavy atom. The van der Waals surface area contributed by atoms with Crippen molar-refractivity contribution in [2.24, 2.45) is 0 Å². The summed E-state index contributed by atoms with van der Waals surface area (Å²) in [5, 5.41) is 18.8. The Hall–Kier alpha value is -4.55. The van der Waals surface area contributed by atoms with Crippen LogP contribution < -0.4 is 15.1 Å². The van der Waals surface area contributed by atoms with Gasteiger partial charge in [0.25, 0.3) is 5.56 Å². The van der Waals surface area contributed by atoms with Gasteiger partial charge in [0.1, 0.15) is 11.5 Å². The normalized spacial score (nSPS) is 10.1. The number of hydrogen-bond acceptors (Lipinski definition) is 5. The van der Waals surface area contributed by atoms with Crippen LogP contribution in [0.1, 0.15) is 11.1 Å². The number of pyridine rings is 1. The fourth-order valence-electron chi connectivity index (χ4n) is 2.85. The largest absolute Gasteiger partial charge is 0.457 e. The number of rotatable bonds is 4. The van der Waals surface area contributed by atoms with Gasteiger partial charge >= 0.3 is 0 Å². The van der Waals surface area contributed by atoms with E-state index in [2.05, 4.69) is 6.07 Å². The van der Waals surface area contributed by atoms with Gasteiger partial charge in [0.2, 0.25) is 0 Å². The third kappa shape index (κ3) is 3.78. The third-order valence-electron chi connectivity index (χ3n) is 4.18. The zero-order valence-electron chi connectivity index (χ0n) is 15.1. The Morgan fingerprint density at radius 2 is 1.38 bits per heavy atom. The minimum absolute atomic E-state index is 0.338. The van der Waals surface area contributed by atoms with E-state index >= 15 is 0 Å². The molecule has 0 amide bonds. The van der Waals surface area contributed by atoms with E-state index < -0.39 is 0 Å². The average molecular weight is 379 g/mol. The minimum Gasteiger partial charge on any atom is -0.457 e. The van der Waals surface area contributed by atoms with Crippen molar-refractivity contribution in [2.75, 3.05) is 0 Å². The van der Waals surface area contributed by atoms with Crippen molar-refractivity contribution >= 4 is 10.9 Å². The predicted molar refractivity (Wildman–Crippen MR) is 107 cm³/mol. The van der Waals surface area contributed by atoms with Crippen LogP contribution in [0.2, 0.25) is 0 Å². The van der Waals surface area contributed by atoms with E-state index in [0.717, 1.165) is 5.39 Å². The van der Waals surface area contributed by atoms with Gasteiger partial charge in [-0.1, -0.05) is 12.1 Å². The maximum atomic E-state index is 12.3. The molecule has 6 heteroatoms. The molecule has 3 aromatic carbocycles. The lowest BCUT2D eigenvalue weighted by atomic mass is 10.2. The van der Waals surface area contributed by atoms with Crippen molar-refractivity contribution in [3.05, 3.63) is 100 Å². The highest BCUT2D eigenvalue weighted by Gasteiger charge is 2.08. The zero-order valence-corrected chi connectivity index (χ0v) is 15.1. The molecule has 0 bridgehead atoms. The van der Waals surface area contributed by atoms with Gasteiger partial charge in [-0.05, 0) is 54.6 Å². The Balaban J connectivity index is 1.70. The Bertz CT molecular complexity index is 1360. The van der Waals surface area contributed by atoms with Gasteiger partial charge in [-0.3, -0.25) is 4.79 Å². The molecule has 0 aliphatic rings. The molecule has 0 saturated carbocycles. The number of ether oxygens (including phenoxy) is 1. The Kier molecular flexibility index (Phi) is 4.67. The number of nitrogens with zero attached hydrogens (tertiary/aromatic N) is 3. The summed E-state index contributed by atoms with van der Waals surface area (Å²) in [4.78, 5) is 18.1. The molecule has 6 nitrogen and oxygen atoms in total. The fourth-order valence-corrected chi connectivity index (χ4v) is 2.85. The number of aromatic nitrogens is 1. The van der Waals surface area contributed by atoms with Crippen LogP contribution in [-0.2, 0) is 0 Å². The highest BCUT2D eigenvalue weighted by atomic mass is 16.7. The molecule has 29 heavy (non-hydrogen) atoms. The molecule has 0 aliphatic carbocycles. The quantitative estimate of drug-likeness (QED) is 0.525. The second-order valence-electron chi connectivity index (χ2n) is 6.16. The van der Waals surface area contributed by atoms with Crippen LogP contribution in [0.15, 0.2) is 83.7 Å². The van der Waals surface area contributed by atoms with Gasteiger partial charge in [-0.25, -0.2) is 0 Å². The van der Waals surface area contributed by atoms with E-state index in [-0.39, 0.29) is 5.56 Å². The predicted octanol–water partition coefficient (Wildman–Crippen LogP) is 4.38. The van der Waals surface area contributed by atoms with Crippen LogP contribution in [0, 0.1) is 22.7 Å². The lowest BCUT2D eigenvalue weighted by Crippen LogP contribution is -2.23. The van der Waals surface area contributed by atoms with Crippen molar-refractivity contribution < 1.29 is 9.57 Å². The van der Waals surface area contributed by atoms with Crippen molar-refractivity contribution in [1.29, 1.82) is 10.5 Å². The van der Waals surface area contributed by atoms with Crippen molar-refractivity contribution in [2.45, 2.75) is 0 Å². The van der Waals surface area contributed by atoms with Gasteiger partial charge in [-0.2, -0.15) is 10.5 Å². The molecule has 0 N–H and O–H groups in total. The van der Waals surface area contributed by atoms with Crippen LogP contribution >= 0.6 is 0 Å². The SMILES string of the molecule is N#Cc1cccc(Oc2ccc3c(ccc(=O)n3Oc3cccc(C#N)c3)c2)c1. The Morgan fingerprint density at radius 3 is 2.10 bits per heavy atom. The fraction of sp³-hybridized carbons (Fsp3) is 0. The summed E-state index contributed by atoms with van der Waals surface area (Å²) in [5.74, 6) is 1.48. The molecule has 0 radical (unpaired) electrons. The molecule has 0 aliphatic heterocycles.